The summed E-state index contributed by atoms with van der Waals surface area (Å²) in [6.07, 6.45) is 1.36. The van der Waals surface area contributed by atoms with Crippen LogP contribution in [0.3, 0.4) is 0 Å². The number of aromatic nitrogens is 1. The van der Waals surface area contributed by atoms with Crippen molar-refractivity contribution in [3.05, 3.63) is 75.7 Å². The monoisotopic (exact) mass is 513 g/mol. The van der Waals surface area contributed by atoms with Gasteiger partial charge in [0, 0.05) is 42.4 Å². The topological polar surface area (TPSA) is 99.6 Å². The molecule has 10 heteroatoms. The Morgan fingerprint density at radius 3 is 2.42 bits per heavy atom. The Bertz CT molecular complexity index is 1260. The van der Waals surface area contributed by atoms with Crippen molar-refractivity contribution in [2.24, 2.45) is 0 Å². The van der Waals surface area contributed by atoms with Crippen LogP contribution in [0.15, 0.2) is 53.9 Å². The van der Waals surface area contributed by atoms with Gasteiger partial charge in [-0.2, -0.15) is 0 Å². The third kappa shape index (κ3) is 5.76. The minimum Gasteiger partial charge on any atom is -0.480 e. The van der Waals surface area contributed by atoms with Crippen LogP contribution in [-0.4, -0.2) is 52.4 Å². The van der Waals surface area contributed by atoms with E-state index in [1.807, 2.05) is 12.1 Å². The van der Waals surface area contributed by atoms with Crippen molar-refractivity contribution >= 4 is 29.1 Å². The zero-order valence-corrected chi connectivity index (χ0v) is 20.4. The van der Waals surface area contributed by atoms with Crippen LogP contribution in [0.1, 0.15) is 57.1 Å². The van der Waals surface area contributed by atoms with Crippen LogP contribution in [0.4, 0.5) is 8.78 Å². The van der Waals surface area contributed by atoms with Gasteiger partial charge in [0.1, 0.15) is 12.2 Å². The highest BCUT2D eigenvalue weighted by molar-refractivity contribution is 7.09. The molecule has 2 N–H and O–H groups in total. The van der Waals surface area contributed by atoms with E-state index in [0.29, 0.717) is 42.6 Å². The number of benzene rings is 2. The second-order valence-electron chi connectivity index (χ2n) is 8.73. The Hall–Kier alpha value is -3.66. The van der Waals surface area contributed by atoms with Gasteiger partial charge in [0.25, 0.3) is 17.7 Å². The van der Waals surface area contributed by atoms with Gasteiger partial charge in [0.15, 0.2) is 0 Å². The van der Waals surface area contributed by atoms with E-state index < -0.39 is 24.3 Å². The molecule has 0 unspecified atom stereocenters. The van der Waals surface area contributed by atoms with Crippen molar-refractivity contribution in [2.45, 2.75) is 31.6 Å². The predicted octanol–water partition coefficient (Wildman–Crippen LogP) is 4.76. The molecule has 0 bridgehead atoms. The number of nitrogens with zero attached hydrogens (tertiary/aromatic N) is 2. The van der Waals surface area contributed by atoms with Crippen LogP contribution in [0.5, 0.6) is 0 Å². The first-order valence-electron chi connectivity index (χ1n) is 11.5. The summed E-state index contributed by atoms with van der Waals surface area (Å²) in [5, 5.41) is 13.4. The van der Waals surface area contributed by atoms with E-state index in [2.05, 4.69) is 10.3 Å². The van der Waals surface area contributed by atoms with Crippen molar-refractivity contribution in [1.29, 1.82) is 0 Å². The van der Waals surface area contributed by atoms with Crippen LogP contribution >= 0.6 is 11.3 Å². The van der Waals surface area contributed by atoms with E-state index in [-0.39, 0.29) is 23.1 Å². The predicted molar refractivity (Wildman–Crippen MR) is 131 cm³/mol. The van der Waals surface area contributed by atoms with Gasteiger partial charge in [0.2, 0.25) is 0 Å². The van der Waals surface area contributed by atoms with Crippen LogP contribution in [-0.2, 0) is 10.7 Å². The smallest absolute Gasteiger partial charge is 0.322 e. The van der Waals surface area contributed by atoms with Gasteiger partial charge in [-0.1, -0.05) is 42.5 Å². The Morgan fingerprint density at radius 1 is 1.11 bits per heavy atom. The Kier molecular flexibility index (Phi) is 7.44. The number of hydrogen-bond acceptors (Lipinski definition) is 5. The quantitative estimate of drug-likeness (QED) is 0.475. The normalized spacial score (nSPS) is 14.5. The minimum absolute atomic E-state index is 0.0816. The average Bonchev–Trinajstić information content (AvgIpc) is 3.37. The number of nitrogens with one attached hydrogen (secondary N) is 1. The molecule has 2 aromatic carbocycles. The second kappa shape index (κ2) is 10.5. The lowest BCUT2D eigenvalue weighted by Crippen LogP contribution is -2.38. The molecule has 0 radical (unpaired) electrons. The zero-order valence-electron chi connectivity index (χ0n) is 19.5. The summed E-state index contributed by atoms with van der Waals surface area (Å²) in [5.74, 6) is -4.62. The molecule has 2 heterocycles. The Morgan fingerprint density at radius 2 is 1.78 bits per heavy atom. The molecule has 0 atom stereocenters. The third-order valence-electron chi connectivity index (χ3n) is 6.15. The molecule has 1 aliphatic rings. The van der Waals surface area contributed by atoms with E-state index in [4.69, 9.17) is 5.11 Å². The van der Waals surface area contributed by atoms with Gasteiger partial charge in [-0.25, -0.2) is 13.8 Å². The number of carboxylic acids is 1. The molecule has 0 saturated carbocycles. The maximum absolute atomic E-state index is 13.6. The van der Waals surface area contributed by atoms with Gasteiger partial charge in [-0.05, 0) is 30.0 Å². The zero-order chi connectivity index (χ0) is 25.9. The van der Waals surface area contributed by atoms with Gasteiger partial charge < -0.3 is 15.3 Å². The standard InChI is InChI=1S/C26H25F2N3O4S/c1-26(27,28)18-8-6-16(7-9-18)19-4-2-3-5-20(19)25(35)31-12-10-17(11-13-31)24-30-21(15-36-24)23(34)29-14-22(32)33/h2-9,15,17H,10-14H2,1H3,(H,29,34)(H,32,33). The maximum Gasteiger partial charge on any atom is 0.322 e. The molecule has 3 aromatic rings. The molecule has 36 heavy (non-hydrogen) atoms. The van der Waals surface area contributed by atoms with Crippen LogP contribution in [0, 0.1) is 0 Å². The number of thiazole rings is 1. The van der Waals surface area contributed by atoms with Crippen LogP contribution in [0.25, 0.3) is 11.1 Å². The summed E-state index contributed by atoms with van der Waals surface area (Å²) in [7, 11) is 0. The summed E-state index contributed by atoms with van der Waals surface area (Å²) in [6, 6.07) is 13.1. The summed E-state index contributed by atoms with van der Waals surface area (Å²) in [5.41, 5.74) is 2.00. The molecule has 0 aliphatic carbocycles. The molecule has 7 nitrogen and oxygen atoms in total. The van der Waals surface area contributed by atoms with E-state index in [0.717, 1.165) is 11.9 Å². The van der Waals surface area contributed by atoms with Crippen molar-refractivity contribution in [3.8, 4) is 11.1 Å². The molecule has 1 fully saturated rings. The number of carbonyl (C=O) groups is 3. The third-order valence-corrected chi connectivity index (χ3v) is 7.15. The molecule has 2 amide bonds. The average molecular weight is 514 g/mol. The van der Waals surface area contributed by atoms with E-state index in [9.17, 15) is 23.2 Å². The Labute approximate surface area is 210 Å². The van der Waals surface area contributed by atoms with Gasteiger partial charge >= 0.3 is 5.97 Å². The number of piperidine rings is 1. The Balaban J connectivity index is 1.42. The van der Waals surface area contributed by atoms with Crippen molar-refractivity contribution < 1.29 is 28.3 Å². The summed E-state index contributed by atoms with van der Waals surface area (Å²) < 4.78 is 27.2. The highest BCUT2D eigenvalue weighted by Crippen LogP contribution is 2.33. The van der Waals surface area contributed by atoms with E-state index >= 15 is 0 Å². The summed E-state index contributed by atoms with van der Waals surface area (Å²) in [6.45, 7) is 1.41. The van der Waals surface area contributed by atoms with E-state index in [1.54, 1.807) is 34.5 Å². The molecule has 188 valence electrons. The minimum atomic E-state index is -2.93. The fourth-order valence-corrected chi connectivity index (χ4v) is 5.16. The number of amides is 2. The summed E-state index contributed by atoms with van der Waals surface area (Å²) in [4.78, 5) is 42.2. The lowest BCUT2D eigenvalue weighted by atomic mass is 9.94. The number of carbonyl (C=O) groups excluding carboxylic acids is 2. The van der Waals surface area contributed by atoms with Crippen molar-refractivity contribution in [1.82, 2.24) is 15.2 Å². The first kappa shape index (κ1) is 25.4. The highest BCUT2D eigenvalue weighted by atomic mass is 32.1. The molecular formula is C26H25F2N3O4S. The number of carboxylic acid groups (broad SMARTS) is 1. The number of hydrogen-bond donors (Lipinski definition) is 2. The van der Waals surface area contributed by atoms with Crippen molar-refractivity contribution in [3.63, 3.8) is 0 Å². The second-order valence-corrected chi connectivity index (χ2v) is 9.61. The number of alkyl halides is 2. The van der Waals surface area contributed by atoms with E-state index in [1.165, 1.54) is 23.5 Å². The number of halogens is 2. The van der Waals surface area contributed by atoms with Gasteiger partial charge in [-0.15, -0.1) is 11.3 Å². The molecule has 1 aliphatic heterocycles. The van der Waals surface area contributed by atoms with Crippen LogP contribution in [0.2, 0.25) is 0 Å². The first-order chi connectivity index (χ1) is 17.1. The van der Waals surface area contributed by atoms with Gasteiger partial charge in [-0.3, -0.25) is 14.4 Å². The fourth-order valence-electron chi connectivity index (χ4n) is 4.19. The lowest BCUT2D eigenvalue weighted by Gasteiger charge is -2.31. The SMILES string of the molecule is CC(F)(F)c1ccc(-c2ccccc2C(=O)N2CCC(c3nc(C(=O)NCC(=O)O)cs3)CC2)cc1. The number of rotatable bonds is 7. The largest absolute Gasteiger partial charge is 0.480 e. The first-order valence-corrected chi connectivity index (χ1v) is 12.3. The van der Waals surface area contributed by atoms with Crippen molar-refractivity contribution in [2.75, 3.05) is 19.6 Å². The fraction of sp³-hybridized carbons (Fsp3) is 0.308. The lowest BCUT2D eigenvalue weighted by molar-refractivity contribution is -0.135. The molecule has 1 saturated heterocycles. The molecule has 4 rings (SSSR count). The summed E-state index contributed by atoms with van der Waals surface area (Å²) >= 11 is 1.35. The molecule has 0 spiro atoms. The maximum atomic E-state index is 13.6. The molecule has 1 aromatic heterocycles. The van der Waals surface area contributed by atoms with Crippen LogP contribution < -0.4 is 5.32 Å². The molecular weight excluding hydrogens is 488 g/mol. The number of aliphatic carboxylic acids is 1. The highest BCUT2D eigenvalue weighted by Gasteiger charge is 2.28. The number of likely N-dealkylation sites (tertiary alicyclic amines) is 1. The van der Waals surface area contributed by atoms with Gasteiger partial charge in [0.05, 0.1) is 5.01 Å².